The molecule has 2 N–H and O–H groups in total. The molecule has 9 heteroatoms. The minimum absolute atomic E-state index is 0.0199. The van der Waals surface area contributed by atoms with E-state index in [-0.39, 0.29) is 22.4 Å². The van der Waals surface area contributed by atoms with Crippen molar-refractivity contribution in [3.8, 4) is 0 Å². The smallest absolute Gasteiger partial charge is 0.240 e. The molecular weight excluding hydrogens is 398 g/mol. The molecule has 1 aliphatic carbocycles. The predicted octanol–water partition coefficient (Wildman–Crippen LogP) is 2.42. The summed E-state index contributed by atoms with van der Waals surface area (Å²) in [6.07, 6.45) is 7.14. The Labute approximate surface area is 166 Å². The van der Waals surface area contributed by atoms with E-state index in [1.165, 1.54) is 24.3 Å². The van der Waals surface area contributed by atoms with Crippen LogP contribution in [0.25, 0.3) is 0 Å². The van der Waals surface area contributed by atoms with Crippen LogP contribution in [0.5, 0.6) is 0 Å². The SMILES string of the molecule is C[C@H]1CCCC[C@@H]1NS(=O)(=O)c1ccc(S(=O)(=O)NCc2ccncc2)cc1. The van der Waals surface area contributed by atoms with Crippen molar-refractivity contribution in [2.24, 2.45) is 5.92 Å². The minimum Gasteiger partial charge on any atom is -0.265 e. The van der Waals surface area contributed by atoms with E-state index in [2.05, 4.69) is 21.4 Å². The molecule has 28 heavy (non-hydrogen) atoms. The number of sulfonamides is 2. The number of hydrogen-bond donors (Lipinski definition) is 2. The normalized spacial score (nSPS) is 20.8. The zero-order valence-electron chi connectivity index (χ0n) is 15.7. The van der Waals surface area contributed by atoms with Crippen LogP contribution in [0.2, 0.25) is 0 Å². The highest BCUT2D eigenvalue weighted by Gasteiger charge is 2.27. The number of rotatable bonds is 7. The van der Waals surface area contributed by atoms with E-state index in [1.807, 2.05) is 0 Å². The lowest BCUT2D eigenvalue weighted by Crippen LogP contribution is -2.40. The van der Waals surface area contributed by atoms with Crippen molar-refractivity contribution in [1.82, 2.24) is 14.4 Å². The van der Waals surface area contributed by atoms with Gasteiger partial charge in [-0.25, -0.2) is 26.3 Å². The van der Waals surface area contributed by atoms with Gasteiger partial charge in [0.05, 0.1) is 9.79 Å². The minimum atomic E-state index is -3.74. The molecule has 0 bridgehead atoms. The Hall–Kier alpha value is -1.81. The van der Waals surface area contributed by atoms with Crippen molar-refractivity contribution >= 4 is 20.0 Å². The third-order valence-electron chi connectivity index (χ3n) is 5.08. The van der Waals surface area contributed by atoms with Crippen molar-refractivity contribution in [1.29, 1.82) is 0 Å². The molecule has 152 valence electrons. The number of benzene rings is 1. The van der Waals surface area contributed by atoms with E-state index in [4.69, 9.17) is 0 Å². The summed E-state index contributed by atoms with van der Waals surface area (Å²) in [7, 11) is -7.42. The molecule has 3 rings (SSSR count). The largest absolute Gasteiger partial charge is 0.265 e. The second-order valence-electron chi connectivity index (χ2n) is 7.14. The van der Waals surface area contributed by atoms with Gasteiger partial charge in [0.2, 0.25) is 20.0 Å². The molecular formula is C19H25N3O4S2. The van der Waals surface area contributed by atoms with Crippen LogP contribution in [-0.2, 0) is 26.6 Å². The van der Waals surface area contributed by atoms with Crippen molar-refractivity contribution in [3.63, 3.8) is 0 Å². The molecule has 0 aliphatic heterocycles. The molecule has 2 atom stereocenters. The number of nitrogens with zero attached hydrogens (tertiary/aromatic N) is 1. The first-order valence-electron chi connectivity index (χ1n) is 9.29. The van der Waals surface area contributed by atoms with Crippen molar-refractivity contribution in [2.75, 3.05) is 0 Å². The maximum Gasteiger partial charge on any atom is 0.240 e. The number of nitrogens with one attached hydrogen (secondary N) is 2. The van der Waals surface area contributed by atoms with Gasteiger partial charge in [-0.15, -0.1) is 0 Å². The summed E-state index contributed by atoms with van der Waals surface area (Å²) in [5, 5.41) is 0. The van der Waals surface area contributed by atoms with Crippen LogP contribution in [0.3, 0.4) is 0 Å². The topological polar surface area (TPSA) is 105 Å². The molecule has 0 radical (unpaired) electrons. The highest BCUT2D eigenvalue weighted by Crippen LogP contribution is 2.25. The Kier molecular flexibility index (Phi) is 6.49. The van der Waals surface area contributed by atoms with Gasteiger partial charge in [-0.05, 0) is 60.7 Å². The summed E-state index contributed by atoms with van der Waals surface area (Å²) in [5.74, 6) is 0.292. The first-order chi connectivity index (χ1) is 13.3. The lowest BCUT2D eigenvalue weighted by molar-refractivity contribution is 0.310. The van der Waals surface area contributed by atoms with Gasteiger partial charge in [0, 0.05) is 25.0 Å². The van der Waals surface area contributed by atoms with Crippen LogP contribution in [0.4, 0.5) is 0 Å². The van der Waals surface area contributed by atoms with Gasteiger partial charge in [0.25, 0.3) is 0 Å². The average molecular weight is 424 g/mol. The monoisotopic (exact) mass is 423 g/mol. The van der Waals surface area contributed by atoms with Crippen LogP contribution in [0, 0.1) is 5.92 Å². The van der Waals surface area contributed by atoms with E-state index < -0.39 is 20.0 Å². The second kappa shape index (κ2) is 8.69. The fourth-order valence-electron chi connectivity index (χ4n) is 3.32. The molecule has 0 saturated heterocycles. The van der Waals surface area contributed by atoms with Gasteiger partial charge in [-0.3, -0.25) is 4.98 Å². The van der Waals surface area contributed by atoms with Crippen LogP contribution in [0.1, 0.15) is 38.2 Å². The molecule has 7 nitrogen and oxygen atoms in total. The molecule has 1 aromatic heterocycles. The number of pyridine rings is 1. The molecule has 0 amide bonds. The Balaban J connectivity index is 1.69. The molecule has 1 aromatic carbocycles. The molecule has 1 aliphatic rings. The molecule has 0 unspecified atom stereocenters. The van der Waals surface area contributed by atoms with Gasteiger partial charge in [0.1, 0.15) is 0 Å². The van der Waals surface area contributed by atoms with E-state index in [1.54, 1.807) is 24.5 Å². The maximum atomic E-state index is 12.6. The van der Waals surface area contributed by atoms with Crippen molar-refractivity contribution in [2.45, 2.75) is 55.0 Å². The Morgan fingerprint density at radius 1 is 0.893 bits per heavy atom. The lowest BCUT2D eigenvalue weighted by Gasteiger charge is -2.29. The van der Waals surface area contributed by atoms with Gasteiger partial charge in [0.15, 0.2) is 0 Å². The zero-order valence-corrected chi connectivity index (χ0v) is 17.3. The summed E-state index contributed by atoms with van der Waals surface area (Å²) in [6.45, 7) is 2.18. The highest BCUT2D eigenvalue weighted by atomic mass is 32.2. The Morgan fingerprint density at radius 2 is 1.46 bits per heavy atom. The molecule has 0 spiro atoms. The van der Waals surface area contributed by atoms with Crippen LogP contribution < -0.4 is 9.44 Å². The van der Waals surface area contributed by atoms with Crippen molar-refractivity contribution < 1.29 is 16.8 Å². The van der Waals surface area contributed by atoms with Gasteiger partial charge in [-0.1, -0.05) is 19.8 Å². The van der Waals surface area contributed by atoms with Crippen molar-refractivity contribution in [3.05, 3.63) is 54.4 Å². The second-order valence-corrected chi connectivity index (χ2v) is 10.6. The average Bonchev–Trinajstić information content (AvgIpc) is 2.69. The summed E-state index contributed by atoms with van der Waals surface area (Å²) in [6, 6.07) is 8.64. The molecule has 2 aromatic rings. The quantitative estimate of drug-likeness (QED) is 0.711. The van der Waals surface area contributed by atoms with Crippen LogP contribution in [0.15, 0.2) is 58.6 Å². The molecule has 1 heterocycles. The zero-order chi connectivity index (χ0) is 20.2. The number of hydrogen-bond acceptors (Lipinski definition) is 5. The van der Waals surface area contributed by atoms with E-state index in [0.717, 1.165) is 31.2 Å². The summed E-state index contributed by atoms with van der Waals surface area (Å²) >= 11 is 0. The van der Waals surface area contributed by atoms with E-state index >= 15 is 0 Å². The van der Waals surface area contributed by atoms with Gasteiger partial charge >= 0.3 is 0 Å². The first-order valence-corrected chi connectivity index (χ1v) is 12.3. The number of aromatic nitrogens is 1. The van der Waals surface area contributed by atoms with E-state index in [0.29, 0.717) is 5.92 Å². The summed E-state index contributed by atoms with van der Waals surface area (Å²) in [5.41, 5.74) is 0.781. The van der Waals surface area contributed by atoms with Gasteiger partial charge in [-0.2, -0.15) is 0 Å². The molecule has 1 saturated carbocycles. The van der Waals surface area contributed by atoms with Gasteiger partial charge < -0.3 is 0 Å². The fourth-order valence-corrected chi connectivity index (χ4v) is 5.72. The van der Waals surface area contributed by atoms with Crippen LogP contribution in [-0.4, -0.2) is 27.9 Å². The fraction of sp³-hybridized carbons (Fsp3) is 0.421. The molecule has 1 fully saturated rings. The van der Waals surface area contributed by atoms with E-state index in [9.17, 15) is 16.8 Å². The maximum absolute atomic E-state index is 12.6. The summed E-state index contributed by atoms with van der Waals surface area (Å²) < 4.78 is 55.4. The Bertz CT molecular complexity index is 991. The third kappa shape index (κ3) is 5.16. The first kappa shape index (κ1) is 20.9. The lowest BCUT2D eigenvalue weighted by atomic mass is 9.87. The van der Waals surface area contributed by atoms with Crippen LogP contribution >= 0.6 is 0 Å². The Morgan fingerprint density at radius 3 is 2.07 bits per heavy atom. The summed E-state index contributed by atoms with van der Waals surface area (Å²) in [4.78, 5) is 3.97. The third-order valence-corrected chi connectivity index (χ3v) is 8.00. The predicted molar refractivity (Wildman–Crippen MR) is 106 cm³/mol. The highest BCUT2D eigenvalue weighted by molar-refractivity contribution is 7.90. The standard InChI is InChI=1S/C19H25N3O4S2/c1-15-4-2-3-5-19(15)22-28(25,26)18-8-6-17(7-9-18)27(23,24)21-14-16-10-12-20-13-11-16/h6-13,15,19,21-22H,2-5,14H2,1H3/t15-,19-/m0/s1.